The largest absolute Gasteiger partial charge is 0.457 e. The van der Waals surface area contributed by atoms with Crippen LogP contribution in [-0.2, 0) is 19.0 Å². The second kappa shape index (κ2) is 19.8. The fourth-order valence-electron chi connectivity index (χ4n) is 7.63. The summed E-state index contributed by atoms with van der Waals surface area (Å²) in [5, 5.41) is 31.7. The van der Waals surface area contributed by atoms with Crippen LogP contribution in [0.3, 0.4) is 0 Å². The standard InChI is InChI=1S/C39H63N3O9/c1-28(27-49-38(47)42-20-10-15-32(42)26-43)11-9-12-29(2)36-30(3)16-17-34(39(4,48)19-18-33(44)25-35(45)51-36)50-37(46)41-23-21-40(22-24-41)31-13-7-5-6-8-14-31/h9,11-12,16-17,28,30-34,36,43-44,48H,5-8,10,13-15,18-27H2,1-4H3/b11-9+,17-16+,29-12+/t28?,30-,32+,33-,34-,36+,39-/m0/s1. The molecule has 0 spiro atoms. The molecule has 1 unspecified atom stereocenters. The summed E-state index contributed by atoms with van der Waals surface area (Å²) < 4.78 is 17.4. The number of cyclic esters (lactones) is 1. The number of aliphatic hydroxyl groups excluding tert-OH is 2. The van der Waals surface area contributed by atoms with Gasteiger partial charge in [0.05, 0.1) is 31.8 Å². The van der Waals surface area contributed by atoms with Crippen LogP contribution in [-0.4, -0.2) is 130 Å². The number of rotatable bonds is 8. The SMILES string of the molecule is C/C(=C\C=C\C(C)COC(=O)N1CCC[C@@H]1CO)[C@H]1OC(=O)C[C@@H](O)CC[C@](C)(O)[C@@H](OC(=O)N2CCN(C3CCCCCC3)CC2)/C=C/[C@@H]1C. The highest BCUT2D eigenvalue weighted by Crippen LogP contribution is 2.28. The first-order valence-electron chi connectivity index (χ1n) is 19.2. The molecule has 7 atom stereocenters. The monoisotopic (exact) mass is 717 g/mol. The third-order valence-corrected chi connectivity index (χ3v) is 11.0. The second-order valence-corrected chi connectivity index (χ2v) is 15.4. The van der Waals surface area contributed by atoms with Crippen molar-refractivity contribution < 1.29 is 43.9 Å². The van der Waals surface area contributed by atoms with Crippen LogP contribution < -0.4 is 0 Å². The molecule has 0 aromatic carbocycles. The summed E-state index contributed by atoms with van der Waals surface area (Å²) in [5.74, 6) is -0.982. The number of likely N-dealkylation sites (tertiary alicyclic amines) is 1. The van der Waals surface area contributed by atoms with Gasteiger partial charge >= 0.3 is 18.2 Å². The number of aliphatic hydroxyl groups is 3. The van der Waals surface area contributed by atoms with Crippen molar-refractivity contribution in [2.24, 2.45) is 11.8 Å². The number of ether oxygens (including phenoxy) is 3. The number of hydrogen-bond acceptors (Lipinski definition) is 10. The summed E-state index contributed by atoms with van der Waals surface area (Å²) >= 11 is 0. The summed E-state index contributed by atoms with van der Waals surface area (Å²) in [6.07, 6.45) is 14.7. The Morgan fingerprint density at radius 1 is 1.02 bits per heavy atom. The van der Waals surface area contributed by atoms with E-state index in [1.807, 2.05) is 45.1 Å². The second-order valence-electron chi connectivity index (χ2n) is 15.4. The van der Waals surface area contributed by atoms with Crippen molar-refractivity contribution in [2.75, 3.05) is 45.9 Å². The van der Waals surface area contributed by atoms with Crippen LogP contribution in [0.5, 0.6) is 0 Å². The Kier molecular flexibility index (Phi) is 15.8. The molecule has 2 amide bonds. The summed E-state index contributed by atoms with van der Waals surface area (Å²) in [6.45, 7) is 10.7. The molecule has 3 heterocycles. The van der Waals surface area contributed by atoms with E-state index < -0.39 is 42.1 Å². The van der Waals surface area contributed by atoms with Gasteiger partial charge in [-0.15, -0.1) is 0 Å². The zero-order chi connectivity index (χ0) is 37.0. The number of esters is 1. The molecule has 2 saturated heterocycles. The van der Waals surface area contributed by atoms with Gasteiger partial charge in [0, 0.05) is 50.6 Å². The third kappa shape index (κ3) is 12.3. The lowest BCUT2D eigenvalue weighted by molar-refractivity contribution is -0.151. The van der Waals surface area contributed by atoms with Crippen molar-refractivity contribution in [1.82, 2.24) is 14.7 Å². The van der Waals surface area contributed by atoms with Crippen molar-refractivity contribution in [3.8, 4) is 0 Å². The Morgan fingerprint density at radius 2 is 1.73 bits per heavy atom. The molecule has 0 bridgehead atoms. The first kappa shape index (κ1) is 40.8. The average Bonchev–Trinajstić information content (AvgIpc) is 3.43. The zero-order valence-corrected chi connectivity index (χ0v) is 31.3. The Bertz CT molecular complexity index is 1220. The van der Waals surface area contributed by atoms with E-state index in [-0.39, 0.29) is 50.4 Å². The third-order valence-electron chi connectivity index (χ3n) is 11.0. The molecule has 12 heteroatoms. The van der Waals surface area contributed by atoms with Gasteiger partial charge in [-0.25, -0.2) is 9.59 Å². The summed E-state index contributed by atoms with van der Waals surface area (Å²) in [5.41, 5.74) is -0.726. The van der Waals surface area contributed by atoms with E-state index in [1.165, 1.54) is 38.5 Å². The van der Waals surface area contributed by atoms with E-state index >= 15 is 0 Å². The molecule has 0 radical (unpaired) electrons. The minimum Gasteiger partial charge on any atom is -0.457 e. The smallest absolute Gasteiger partial charge is 0.410 e. The van der Waals surface area contributed by atoms with Gasteiger partial charge in [0.2, 0.25) is 0 Å². The van der Waals surface area contributed by atoms with Crippen LogP contribution in [0.15, 0.2) is 36.0 Å². The normalized spacial score (nSPS) is 32.4. The van der Waals surface area contributed by atoms with Gasteiger partial charge in [-0.2, -0.15) is 0 Å². The molecule has 4 aliphatic rings. The average molecular weight is 718 g/mol. The highest BCUT2D eigenvalue weighted by atomic mass is 16.6. The van der Waals surface area contributed by atoms with Gasteiger partial charge in [-0.3, -0.25) is 9.69 Å². The van der Waals surface area contributed by atoms with E-state index in [0.29, 0.717) is 25.7 Å². The molecular weight excluding hydrogens is 654 g/mol. The Balaban J connectivity index is 1.39. The van der Waals surface area contributed by atoms with E-state index in [0.717, 1.165) is 31.5 Å². The van der Waals surface area contributed by atoms with Crippen LogP contribution >= 0.6 is 0 Å². The van der Waals surface area contributed by atoms with Gasteiger partial charge in [0.25, 0.3) is 0 Å². The first-order valence-corrected chi connectivity index (χ1v) is 19.2. The molecule has 51 heavy (non-hydrogen) atoms. The van der Waals surface area contributed by atoms with Gasteiger partial charge < -0.3 is 39.3 Å². The number of piperazine rings is 1. The minimum atomic E-state index is -1.48. The highest BCUT2D eigenvalue weighted by molar-refractivity contribution is 5.70. The number of nitrogens with zero attached hydrogens (tertiary/aromatic N) is 3. The van der Waals surface area contributed by atoms with Crippen molar-refractivity contribution >= 4 is 18.2 Å². The number of carbonyl (C=O) groups excluding carboxylic acids is 3. The number of hydrogen-bond donors (Lipinski definition) is 3. The lowest BCUT2D eigenvalue weighted by atomic mass is 9.89. The molecule has 1 saturated carbocycles. The molecular formula is C39H63N3O9. The molecule has 0 aromatic heterocycles. The van der Waals surface area contributed by atoms with Crippen molar-refractivity contribution in [1.29, 1.82) is 0 Å². The fourth-order valence-corrected chi connectivity index (χ4v) is 7.63. The van der Waals surface area contributed by atoms with E-state index in [2.05, 4.69) is 4.90 Å². The lowest BCUT2D eigenvalue weighted by Gasteiger charge is -2.40. The lowest BCUT2D eigenvalue weighted by Crippen LogP contribution is -2.53. The molecule has 288 valence electrons. The van der Waals surface area contributed by atoms with Crippen LogP contribution in [0, 0.1) is 11.8 Å². The van der Waals surface area contributed by atoms with Crippen molar-refractivity contribution in [3.05, 3.63) is 36.0 Å². The maximum atomic E-state index is 13.4. The van der Waals surface area contributed by atoms with E-state index in [1.54, 1.807) is 22.8 Å². The topological polar surface area (TPSA) is 149 Å². The molecule has 3 fully saturated rings. The molecule has 12 nitrogen and oxygen atoms in total. The van der Waals surface area contributed by atoms with E-state index in [9.17, 15) is 29.7 Å². The van der Waals surface area contributed by atoms with Crippen molar-refractivity contribution in [2.45, 2.75) is 134 Å². The maximum absolute atomic E-state index is 13.4. The predicted octanol–water partition coefficient (Wildman–Crippen LogP) is 4.96. The predicted molar refractivity (Wildman–Crippen MR) is 194 cm³/mol. The molecule has 3 N–H and O–H groups in total. The quantitative estimate of drug-likeness (QED) is 0.103. The Hall–Kier alpha value is -2.93. The van der Waals surface area contributed by atoms with Crippen LogP contribution in [0.4, 0.5) is 9.59 Å². The molecule has 3 aliphatic heterocycles. The molecule has 4 rings (SSSR count). The van der Waals surface area contributed by atoms with Gasteiger partial charge in [0.15, 0.2) is 6.10 Å². The van der Waals surface area contributed by atoms with E-state index in [4.69, 9.17) is 14.2 Å². The zero-order valence-electron chi connectivity index (χ0n) is 31.3. The summed E-state index contributed by atoms with van der Waals surface area (Å²) in [6, 6.07) is 0.391. The maximum Gasteiger partial charge on any atom is 0.410 e. The van der Waals surface area contributed by atoms with Gasteiger partial charge in [-0.05, 0) is 64.0 Å². The summed E-state index contributed by atoms with van der Waals surface area (Å²) in [7, 11) is 0. The number of amides is 2. The molecule has 1 aliphatic carbocycles. The number of allylic oxidation sites excluding steroid dienone is 2. The summed E-state index contributed by atoms with van der Waals surface area (Å²) in [4.78, 5) is 44.6. The molecule has 0 aromatic rings. The van der Waals surface area contributed by atoms with Crippen LogP contribution in [0.1, 0.15) is 98.3 Å². The number of carbonyl (C=O) groups is 3. The fraction of sp³-hybridized carbons (Fsp3) is 0.769. The Morgan fingerprint density at radius 3 is 2.41 bits per heavy atom. The van der Waals surface area contributed by atoms with Gasteiger partial charge in [-0.1, -0.05) is 63.8 Å². The van der Waals surface area contributed by atoms with Crippen LogP contribution in [0.2, 0.25) is 0 Å². The van der Waals surface area contributed by atoms with Crippen LogP contribution in [0.25, 0.3) is 0 Å². The first-order chi connectivity index (χ1) is 24.4. The van der Waals surface area contributed by atoms with Crippen molar-refractivity contribution in [3.63, 3.8) is 0 Å². The van der Waals surface area contributed by atoms with Gasteiger partial charge in [0.1, 0.15) is 11.7 Å². The Labute approximate surface area is 304 Å². The minimum absolute atomic E-state index is 0.0735. The highest BCUT2D eigenvalue weighted by Gasteiger charge is 2.37.